The monoisotopic (exact) mass is 598 g/mol. The second kappa shape index (κ2) is 13.6. The largest absolute Gasteiger partial charge is 0.493 e. The standard InChI is InChI=1S/C32H34N6O6/c1-41-28-15-21-6-10-27(28)42-20-30(40)35-25-18-38(19-31-36-37-32(44-31)23-3-2-13-33-17-23)14-12-26(25)43-24-8-4-22(5-9-24)16-34-29(39)11-7-21/h2-6,8-10,13,15,17,25-26H,7,11-12,14,16,18-20H2,1H3,(H,34,39)(H,35,40)/t25-,26-/m1/s1. The van der Waals surface area contributed by atoms with Gasteiger partial charge >= 0.3 is 0 Å². The molecule has 2 amide bonds. The minimum absolute atomic E-state index is 0.0425. The van der Waals surface area contributed by atoms with Crippen molar-refractivity contribution in [2.45, 2.75) is 44.5 Å². The van der Waals surface area contributed by atoms with Crippen LogP contribution in [0.15, 0.2) is 71.4 Å². The van der Waals surface area contributed by atoms with Gasteiger partial charge in [0.05, 0.1) is 25.3 Å². The highest BCUT2D eigenvalue weighted by Gasteiger charge is 2.33. The Morgan fingerprint density at radius 2 is 1.89 bits per heavy atom. The first-order valence-electron chi connectivity index (χ1n) is 14.6. The summed E-state index contributed by atoms with van der Waals surface area (Å²) in [7, 11) is 1.55. The van der Waals surface area contributed by atoms with Gasteiger partial charge in [0.2, 0.25) is 17.7 Å². The summed E-state index contributed by atoms with van der Waals surface area (Å²) in [6, 6.07) is 16.5. The molecule has 2 aromatic carbocycles. The number of hydrogen-bond acceptors (Lipinski definition) is 10. The molecule has 12 nitrogen and oxygen atoms in total. The molecule has 2 atom stereocenters. The number of likely N-dealkylation sites (tertiary alicyclic amines) is 1. The van der Waals surface area contributed by atoms with Crippen molar-refractivity contribution in [1.82, 2.24) is 30.7 Å². The molecule has 0 unspecified atom stereocenters. The Bertz CT molecular complexity index is 1580. The van der Waals surface area contributed by atoms with Crippen LogP contribution < -0.4 is 24.8 Å². The molecular weight excluding hydrogens is 564 g/mol. The molecule has 0 aliphatic carbocycles. The van der Waals surface area contributed by atoms with Crippen molar-refractivity contribution in [1.29, 1.82) is 0 Å². The minimum atomic E-state index is -0.339. The number of rotatable bonds is 4. The van der Waals surface area contributed by atoms with Crippen LogP contribution in [0.4, 0.5) is 0 Å². The summed E-state index contributed by atoms with van der Waals surface area (Å²) in [6.45, 7) is 1.85. The summed E-state index contributed by atoms with van der Waals surface area (Å²) in [5.74, 6) is 2.19. The Morgan fingerprint density at radius 1 is 1.02 bits per heavy atom. The first-order chi connectivity index (χ1) is 21.5. The maximum Gasteiger partial charge on any atom is 0.258 e. The van der Waals surface area contributed by atoms with Gasteiger partial charge in [-0.15, -0.1) is 10.2 Å². The number of hydrogen-bond donors (Lipinski definition) is 2. The van der Waals surface area contributed by atoms with E-state index < -0.39 is 0 Å². The molecule has 0 radical (unpaired) electrons. The fourth-order valence-electron chi connectivity index (χ4n) is 5.32. The minimum Gasteiger partial charge on any atom is -0.493 e. The second-order valence-electron chi connectivity index (χ2n) is 10.8. The smallest absolute Gasteiger partial charge is 0.258 e. The number of aryl methyl sites for hydroxylation is 1. The number of amides is 2. The fourth-order valence-corrected chi connectivity index (χ4v) is 5.32. The van der Waals surface area contributed by atoms with Crippen LogP contribution in [0.5, 0.6) is 17.2 Å². The number of aromatic nitrogens is 3. The second-order valence-corrected chi connectivity index (χ2v) is 10.8. The molecule has 1 fully saturated rings. The molecule has 2 N–H and O–H groups in total. The van der Waals surface area contributed by atoms with Crippen LogP contribution in [0, 0.1) is 0 Å². The topological polar surface area (TPSA) is 141 Å². The van der Waals surface area contributed by atoms with Gasteiger partial charge in [0.15, 0.2) is 18.1 Å². The van der Waals surface area contributed by atoms with Crippen molar-refractivity contribution >= 4 is 11.8 Å². The lowest BCUT2D eigenvalue weighted by atomic mass is 10.0. The average Bonchev–Trinajstić information content (AvgIpc) is 3.52. The SMILES string of the molecule is COc1cc2ccc1OCC(=O)N[C@@H]1CN(Cc3nnc(-c4cccnc4)o3)CC[C@H]1Oc1ccc(cc1)CNC(=O)CC2. The van der Waals surface area contributed by atoms with Gasteiger partial charge in [-0.05, 0) is 60.4 Å². The third-order valence-electron chi connectivity index (χ3n) is 7.64. The first-order valence-corrected chi connectivity index (χ1v) is 14.6. The van der Waals surface area contributed by atoms with Gasteiger partial charge in [-0.1, -0.05) is 18.2 Å². The lowest BCUT2D eigenvalue weighted by Gasteiger charge is -2.38. The van der Waals surface area contributed by atoms with Crippen molar-refractivity contribution in [2.24, 2.45) is 0 Å². The maximum atomic E-state index is 13.2. The Morgan fingerprint density at radius 3 is 2.70 bits per heavy atom. The lowest BCUT2D eigenvalue weighted by molar-refractivity contribution is -0.125. The Hall–Kier alpha value is -4.97. The van der Waals surface area contributed by atoms with Crippen LogP contribution in [-0.2, 0) is 29.1 Å². The molecule has 12 heteroatoms. The molecule has 5 aliphatic rings. The molecule has 228 valence electrons. The Balaban J connectivity index is 1.19. The van der Waals surface area contributed by atoms with Gasteiger partial charge in [-0.3, -0.25) is 19.5 Å². The van der Waals surface area contributed by atoms with Crippen LogP contribution >= 0.6 is 0 Å². The highest BCUT2D eigenvalue weighted by Crippen LogP contribution is 2.29. The van der Waals surface area contributed by atoms with Crippen LogP contribution in [-0.4, -0.2) is 70.8 Å². The number of piperidine rings is 1. The zero-order chi connectivity index (χ0) is 30.3. The van der Waals surface area contributed by atoms with E-state index in [1.807, 2.05) is 48.5 Å². The average molecular weight is 599 g/mol. The Labute approximate surface area is 254 Å². The molecule has 4 bridgehead atoms. The van der Waals surface area contributed by atoms with Crippen LogP contribution in [0.1, 0.15) is 29.9 Å². The number of nitrogens with zero attached hydrogens (tertiary/aromatic N) is 4. The van der Waals surface area contributed by atoms with E-state index in [0.29, 0.717) is 74.5 Å². The molecule has 44 heavy (non-hydrogen) atoms. The third kappa shape index (κ3) is 7.32. The molecule has 9 rings (SSSR count). The van der Waals surface area contributed by atoms with Gasteiger partial charge in [0, 0.05) is 38.4 Å². The van der Waals surface area contributed by atoms with Crippen molar-refractivity contribution in [2.75, 3.05) is 26.8 Å². The molecule has 4 aromatic rings. The summed E-state index contributed by atoms with van der Waals surface area (Å²) in [5, 5.41) is 14.5. The van der Waals surface area contributed by atoms with Crippen molar-refractivity contribution in [3.63, 3.8) is 0 Å². The van der Waals surface area contributed by atoms with E-state index in [2.05, 4.69) is 30.7 Å². The number of carbonyl (C=O) groups is 2. The number of methoxy groups -OCH3 is 1. The summed E-state index contributed by atoms with van der Waals surface area (Å²) < 4.78 is 23.6. The predicted octanol–water partition coefficient (Wildman–Crippen LogP) is 2.92. The third-order valence-corrected chi connectivity index (χ3v) is 7.64. The highest BCUT2D eigenvalue weighted by atomic mass is 16.5. The number of pyridine rings is 1. The predicted molar refractivity (Wildman–Crippen MR) is 159 cm³/mol. The van der Waals surface area contributed by atoms with Crippen LogP contribution in [0.2, 0.25) is 0 Å². The number of nitrogens with one attached hydrogen (secondary N) is 2. The lowest BCUT2D eigenvalue weighted by Crippen LogP contribution is -2.57. The number of benzene rings is 2. The quantitative estimate of drug-likeness (QED) is 0.360. The van der Waals surface area contributed by atoms with E-state index in [-0.39, 0.29) is 30.6 Å². The molecule has 7 heterocycles. The van der Waals surface area contributed by atoms with Gasteiger partial charge in [0.1, 0.15) is 11.9 Å². The zero-order valence-electron chi connectivity index (χ0n) is 24.4. The molecule has 5 aliphatic heterocycles. The summed E-state index contributed by atoms with van der Waals surface area (Å²) in [5.41, 5.74) is 2.65. The van der Waals surface area contributed by atoms with Crippen LogP contribution in [0.3, 0.4) is 0 Å². The van der Waals surface area contributed by atoms with Crippen molar-refractivity contribution in [3.05, 3.63) is 84.0 Å². The van der Waals surface area contributed by atoms with E-state index in [1.54, 1.807) is 25.6 Å². The molecule has 2 aromatic heterocycles. The van der Waals surface area contributed by atoms with E-state index in [1.165, 1.54) is 0 Å². The van der Waals surface area contributed by atoms with E-state index in [0.717, 1.165) is 16.7 Å². The van der Waals surface area contributed by atoms with Crippen molar-refractivity contribution in [3.8, 4) is 28.7 Å². The summed E-state index contributed by atoms with van der Waals surface area (Å²) >= 11 is 0. The zero-order valence-corrected chi connectivity index (χ0v) is 24.4. The van der Waals surface area contributed by atoms with E-state index in [9.17, 15) is 9.59 Å². The maximum absolute atomic E-state index is 13.2. The van der Waals surface area contributed by atoms with E-state index in [4.69, 9.17) is 18.6 Å². The van der Waals surface area contributed by atoms with E-state index >= 15 is 0 Å². The van der Waals surface area contributed by atoms with Gasteiger partial charge < -0.3 is 29.3 Å². The van der Waals surface area contributed by atoms with Gasteiger partial charge in [-0.2, -0.15) is 0 Å². The molecular formula is C32H34N6O6. The van der Waals surface area contributed by atoms with Gasteiger partial charge in [-0.25, -0.2) is 0 Å². The summed E-state index contributed by atoms with van der Waals surface area (Å²) in [4.78, 5) is 31.9. The Kier molecular flexibility index (Phi) is 8.97. The van der Waals surface area contributed by atoms with Gasteiger partial charge in [0.25, 0.3) is 5.91 Å². The molecule has 1 saturated heterocycles. The number of carbonyl (C=O) groups excluding carboxylic acids is 2. The highest BCUT2D eigenvalue weighted by molar-refractivity contribution is 5.78. The first kappa shape index (κ1) is 29.1. The van der Waals surface area contributed by atoms with Crippen molar-refractivity contribution < 1.29 is 28.2 Å². The molecule has 0 spiro atoms. The van der Waals surface area contributed by atoms with Crippen LogP contribution in [0.25, 0.3) is 11.5 Å². The summed E-state index contributed by atoms with van der Waals surface area (Å²) in [6.07, 6.45) is 4.62. The molecule has 0 saturated carbocycles. The number of ether oxygens (including phenoxy) is 3. The normalized spacial score (nSPS) is 19.7. The fraction of sp³-hybridized carbons (Fsp3) is 0.344.